The molecule has 150 valence electrons. The van der Waals surface area contributed by atoms with E-state index in [1.165, 1.54) is 0 Å². The van der Waals surface area contributed by atoms with Gasteiger partial charge in [0.15, 0.2) is 0 Å². The summed E-state index contributed by atoms with van der Waals surface area (Å²) in [4.78, 5) is 21.7. The summed E-state index contributed by atoms with van der Waals surface area (Å²) in [7, 11) is 0. The van der Waals surface area contributed by atoms with E-state index in [9.17, 15) is 4.79 Å². The second-order valence-corrected chi connectivity index (χ2v) is 8.55. The zero-order valence-electron chi connectivity index (χ0n) is 15.9. The summed E-state index contributed by atoms with van der Waals surface area (Å²) in [6.07, 6.45) is 9.63. The van der Waals surface area contributed by atoms with Crippen LogP contribution in [-0.2, 0) is 10.2 Å². The molecule has 2 fully saturated rings. The number of benzene rings is 1. The Hall–Kier alpha value is -2.31. The van der Waals surface area contributed by atoms with Crippen LogP contribution in [0.4, 0.5) is 0 Å². The lowest BCUT2D eigenvalue weighted by molar-refractivity contribution is -0.135. The molecule has 0 radical (unpaired) electrons. The third-order valence-corrected chi connectivity index (χ3v) is 6.74. The zero-order chi connectivity index (χ0) is 20.0. The highest BCUT2D eigenvalue weighted by molar-refractivity contribution is 6.42. The molecule has 1 aliphatic carbocycles. The Labute approximate surface area is 179 Å². The minimum absolute atomic E-state index is 0.199. The molecule has 3 aliphatic heterocycles. The number of halogens is 2. The molecule has 1 saturated carbocycles. The van der Waals surface area contributed by atoms with E-state index in [1.807, 2.05) is 29.2 Å². The number of amidine groups is 1. The Kier molecular flexibility index (Phi) is 4.63. The summed E-state index contributed by atoms with van der Waals surface area (Å²) < 4.78 is 0. The predicted molar refractivity (Wildman–Crippen MR) is 115 cm³/mol. The van der Waals surface area contributed by atoms with E-state index < -0.39 is 5.41 Å². The van der Waals surface area contributed by atoms with Crippen molar-refractivity contribution in [1.82, 2.24) is 14.8 Å². The first-order valence-corrected chi connectivity index (χ1v) is 10.6. The highest BCUT2D eigenvalue weighted by Gasteiger charge is 2.53. The Morgan fingerprint density at radius 3 is 2.55 bits per heavy atom. The maximum absolute atomic E-state index is 13.3. The lowest BCUT2D eigenvalue weighted by Gasteiger charge is -2.38. The molecule has 0 spiro atoms. The van der Waals surface area contributed by atoms with E-state index >= 15 is 0 Å². The molecule has 1 saturated heterocycles. The fourth-order valence-electron chi connectivity index (χ4n) is 4.12. The number of rotatable bonds is 2. The number of allylic oxidation sites excluding steroid dienone is 1. The standard InChI is InChI=1S/C21H21Cl2N5O/c22-17-3-1-15(13-18(17)23)21(6-7-21)20(29)27-11-9-26(10-12-27)19-4-2-16-5-8-24-14-28(16)25-19/h1-5,13-14H,6-12H2. The fourth-order valence-corrected chi connectivity index (χ4v) is 4.42. The maximum atomic E-state index is 13.3. The summed E-state index contributed by atoms with van der Waals surface area (Å²) in [5.41, 5.74) is 1.60. The molecule has 0 atom stereocenters. The molecule has 0 aromatic heterocycles. The lowest BCUT2D eigenvalue weighted by atomic mass is 9.94. The average Bonchev–Trinajstić information content (AvgIpc) is 3.57. The molecule has 0 unspecified atom stereocenters. The second-order valence-electron chi connectivity index (χ2n) is 7.74. The minimum Gasteiger partial charge on any atom is -0.352 e. The average molecular weight is 430 g/mol. The molecule has 6 nitrogen and oxygen atoms in total. The van der Waals surface area contributed by atoms with E-state index in [-0.39, 0.29) is 5.91 Å². The third kappa shape index (κ3) is 3.34. The fraction of sp³-hybridized carbons (Fsp3) is 0.381. The number of carbonyl (C=O) groups excluding carboxylic acids is 1. The van der Waals surface area contributed by atoms with Crippen LogP contribution in [0.3, 0.4) is 0 Å². The summed E-state index contributed by atoms with van der Waals surface area (Å²) >= 11 is 12.2. The van der Waals surface area contributed by atoms with Gasteiger partial charge in [0.2, 0.25) is 5.91 Å². The highest BCUT2D eigenvalue weighted by Crippen LogP contribution is 2.50. The van der Waals surface area contributed by atoms with Gasteiger partial charge in [-0.05, 0) is 48.8 Å². The number of fused-ring (bicyclic) bond motifs is 1. The van der Waals surface area contributed by atoms with Crippen LogP contribution in [0.2, 0.25) is 10.0 Å². The van der Waals surface area contributed by atoms with Crippen molar-refractivity contribution < 1.29 is 4.79 Å². The molecule has 1 amide bonds. The van der Waals surface area contributed by atoms with Crippen LogP contribution in [0.1, 0.15) is 18.4 Å². The molecule has 1 aromatic rings. The Morgan fingerprint density at radius 1 is 1.03 bits per heavy atom. The number of hydrazone groups is 1. The number of hydrogen-bond acceptors (Lipinski definition) is 5. The predicted octanol–water partition coefficient (Wildman–Crippen LogP) is 3.28. The summed E-state index contributed by atoms with van der Waals surface area (Å²) in [6.45, 7) is 3.59. The van der Waals surface area contributed by atoms with Crippen molar-refractivity contribution in [1.29, 1.82) is 0 Å². The van der Waals surface area contributed by atoms with Gasteiger partial charge in [-0.3, -0.25) is 9.79 Å². The molecular weight excluding hydrogens is 409 g/mol. The highest BCUT2D eigenvalue weighted by atomic mass is 35.5. The number of piperazine rings is 1. The van der Waals surface area contributed by atoms with Gasteiger partial charge in [0.05, 0.1) is 27.7 Å². The van der Waals surface area contributed by atoms with Crippen LogP contribution >= 0.6 is 23.2 Å². The molecule has 0 N–H and O–H groups in total. The first kappa shape index (κ1) is 18.7. The quantitative estimate of drug-likeness (QED) is 0.724. The normalized spacial score (nSPS) is 22.2. The topological polar surface area (TPSA) is 51.5 Å². The van der Waals surface area contributed by atoms with Gasteiger partial charge in [0.25, 0.3) is 0 Å². The van der Waals surface area contributed by atoms with E-state index in [4.69, 9.17) is 23.2 Å². The van der Waals surface area contributed by atoms with Crippen molar-refractivity contribution in [3.05, 3.63) is 57.7 Å². The Bertz CT molecular complexity index is 971. The van der Waals surface area contributed by atoms with Crippen molar-refractivity contribution in [3.63, 3.8) is 0 Å². The van der Waals surface area contributed by atoms with Gasteiger partial charge in [-0.2, -0.15) is 0 Å². The van der Waals surface area contributed by atoms with Crippen molar-refractivity contribution in [2.45, 2.75) is 18.3 Å². The van der Waals surface area contributed by atoms with Crippen LogP contribution in [-0.4, -0.2) is 65.6 Å². The second kappa shape index (κ2) is 7.18. The first-order chi connectivity index (χ1) is 14.1. The van der Waals surface area contributed by atoms with Gasteiger partial charge in [0, 0.05) is 26.2 Å². The summed E-state index contributed by atoms with van der Waals surface area (Å²) in [5.74, 6) is 1.11. The van der Waals surface area contributed by atoms with Gasteiger partial charge in [-0.15, -0.1) is 5.10 Å². The number of aliphatic imine (C=N–C) groups is 1. The van der Waals surface area contributed by atoms with E-state index in [2.05, 4.69) is 21.1 Å². The van der Waals surface area contributed by atoms with Gasteiger partial charge in [0.1, 0.15) is 12.2 Å². The minimum atomic E-state index is -0.428. The molecule has 0 bridgehead atoms. The monoisotopic (exact) mass is 429 g/mol. The number of nitrogens with zero attached hydrogens (tertiary/aromatic N) is 5. The van der Waals surface area contributed by atoms with Gasteiger partial charge >= 0.3 is 0 Å². The number of carbonyl (C=O) groups is 1. The van der Waals surface area contributed by atoms with Crippen LogP contribution in [0.25, 0.3) is 0 Å². The molecular formula is C21H21Cl2N5O. The van der Waals surface area contributed by atoms with Gasteiger partial charge in [-0.25, -0.2) is 5.01 Å². The van der Waals surface area contributed by atoms with Crippen molar-refractivity contribution >= 4 is 41.3 Å². The van der Waals surface area contributed by atoms with Crippen molar-refractivity contribution in [2.75, 3.05) is 32.7 Å². The zero-order valence-corrected chi connectivity index (χ0v) is 17.4. The van der Waals surface area contributed by atoms with Crippen molar-refractivity contribution in [3.8, 4) is 0 Å². The Morgan fingerprint density at radius 2 is 1.83 bits per heavy atom. The smallest absolute Gasteiger partial charge is 0.233 e. The first-order valence-electron chi connectivity index (χ1n) is 9.83. The van der Waals surface area contributed by atoms with Crippen LogP contribution < -0.4 is 0 Å². The lowest BCUT2D eigenvalue weighted by Crippen LogP contribution is -2.53. The van der Waals surface area contributed by atoms with E-state index in [0.717, 1.165) is 43.0 Å². The number of hydrogen-bond donors (Lipinski definition) is 0. The van der Waals surface area contributed by atoms with Crippen LogP contribution in [0, 0.1) is 0 Å². The van der Waals surface area contributed by atoms with Crippen molar-refractivity contribution in [2.24, 2.45) is 10.1 Å². The molecule has 3 heterocycles. The van der Waals surface area contributed by atoms with Crippen LogP contribution in [0.15, 0.2) is 52.2 Å². The van der Waals surface area contributed by atoms with Crippen LogP contribution in [0.5, 0.6) is 0 Å². The third-order valence-electron chi connectivity index (χ3n) is 6.00. The van der Waals surface area contributed by atoms with Gasteiger partial charge < -0.3 is 9.80 Å². The number of amides is 1. The summed E-state index contributed by atoms with van der Waals surface area (Å²) in [6, 6.07) is 5.56. The Balaban J connectivity index is 1.26. The molecule has 29 heavy (non-hydrogen) atoms. The molecule has 4 aliphatic rings. The van der Waals surface area contributed by atoms with E-state index in [1.54, 1.807) is 17.4 Å². The SMILES string of the molecule is O=C(N1CCN(C2=NN3C=NCC=C3C=C2)CC1)C1(c2ccc(Cl)c(Cl)c2)CC1. The van der Waals surface area contributed by atoms with Gasteiger partial charge in [-0.1, -0.05) is 29.3 Å². The maximum Gasteiger partial charge on any atom is 0.233 e. The molecule has 1 aromatic carbocycles. The molecule has 8 heteroatoms. The summed E-state index contributed by atoms with van der Waals surface area (Å²) in [5, 5.41) is 7.49. The molecule has 5 rings (SSSR count). The largest absolute Gasteiger partial charge is 0.352 e. The van der Waals surface area contributed by atoms with E-state index in [0.29, 0.717) is 29.7 Å².